The van der Waals surface area contributed by atoms with E-state index in [1.54, 1.807) is 16.7 Å². The lowest BCUT2D eigenvalue weighted by molar-refractivity contribution is 0.246. The predicted octanol–water partition coefficient (Wildman–Crippen LogP) is 3.06. The monoisotopic (exact) mass is 330 g/mol. The lowest BCUT2D eigenvalue weighted by atomic mass is 9.87. The quantitative estimate of drug-likeness (QED) is 0.872. The van der Waals surface area contributed by atoms with Crippen LogP contribution in [0.3, 0.4) is 0 Å². The van der Waals surface area contributed by atoms with Crippen LogP contribution in [0.25, 0.3) is 0 Å². The van der Waals surface area contributed by atoms with E-state index >= 15 is 0 Å². The predicted molar refractivity (Wildman–Crippen MR) is 88.1 cm³/mol. The standard InChI is InChI=1S/C15H26N2O2S2/c1-4-16-10-14-9-15(11-20-14)21(18,19)17(3)13-7-5-12(2)6-8-13/h9,11-13,16H,4-8,10H2,1-3H3. The molecule has 1 aromatic heterocycles. The molecule has 0 radical (unpaired) electrons. The van der Waals surface area contributed by atoms with Gasteiger partial charge in [-0.05, 0) is 44.2 Å². The highest BCUT2D eigenvalue weighted by molar-refractivity contribution is 7.89. The van der Waals surface area contributed by atoms with Gasteiger partial charge in [0.25, 0.3) is 0 Å². The van der Waals surface area contributed by atoms with Gasteiger partial charge in [0.2, 0.25) is 10.0 Å². The van der Waals surface area contributed by atoms with E-state index in [2.05, 4.69) is 12.2 Å². The highest BCUT2D eigenvalue weighted by atomic mass is 32.2. The molecule has 0 aromatic carbocycles. The molecule has 1 saturated carbocycles. The zero-order valence-electron chi connectivity index (χ0n) is 13.1. The molecule has 0 spiro atoms. The van der Waals surface area contributed by atoms with Crippen LogP contribution in [-0.2, 0) is 16.6 Å². The fourth-order valence-electron chi connectivity index (χ4n) is 2.81. The van der Waals surface area contributed by atoms with Crippen molar-refractivity contribution in [3.63, 3.8) is 0 Å². The fourth-order valence-corrected chi connectivity index (χ4v) is 5.45. The minimum Gasteiger partial charge on any atom is -0.312 e. The van der Waals surface area contributed by atoms with Gasteiger partial charge in [0.1, 0.15) is 0 Å². The SMILES string of the molecule is CCNCc1cc(S(=O)(=O)N(C)C2CCC(C)CC2)cs1. The Morgan fingerprint density at radius 2 is 2.00 bits per heavy atom. The van der Waals surface area contributed by atoms with E-state index in [9.17, 15) is 8.42 Å². The third kappa shape index (κ3) is 4.06. The summed E-state index contributed by atoms with van der Waals surface area (Å²) in [4.78, 5) is 1.52. The zero-order chi connectivity index (χ0) is 15.5. The van der Waals surface area contributed by atoms with Gasteiger partial charge in [-0.1, -0.05) is 13.8 Å². The Bertz CT molecular complexity index is 546. The Balaban J connectivity index is 2.07. The first kappa shape index (κ1) is 16.9. The number of thiophene rings is 1. The van der Waals surface area contributed by atoms with E-state index in [1.807, 2.05) is 13.0 Å². The van der Waals surface area contributed by atoms with Crippen LogP contribution in [-0.4, -0.2) is 32.4 Å². The highest BCUT2D eigenvalue weighted by Crippen LogP contribution is 2.30. The molecule has 120 valence electrons. The summed E-state index contributed by atoms with van der Waals surface area (Å²) < 4.78 is 27.0. The summed E-state index contributed by atoms with van der Waals surface area (Å²) in [6, 6.07) is 1.97. The van der Waals surface area contributed by atoms with E-state index in [4.69, 9.17) is 0 Å². The van der Waals surface area contributed by atoms with Crippen LogP contribution < -0.4 is 5.32 Å². The molecule has 1 aliphatic rings. The minimum absolute atomic E-state index is 0.156. The molecule has 4 nitrogen and oxygen atoms in total. The summed E-state index contributed by atoms with van der Waals surface area (Å²) in [7, 11) is -1.61. The molecule has 1 fully saturated rings. The van der Waals surface area contributed by atoms with Crippen molar-refractivity contribution in [3.05, 3.63) is 16.3 Å². The van der Waals surface area contributed by atoms with Crippen molar-refractivity contribution in [1.29, 1.82) is 0 Å². The first-order valence-corrected chi connectivity index (χ1v) is 10.0. The van der Waals surface area contributed by atoms with E-state index in [0.29, 0.717) is 4.90 Å². The van der Waals surface area contributed by atoms with Gasteiger partial charge in [-0.2, -0.15) is 4.31 Å². The maximum atomic E-state index is 12.7. The summed E-state index contributed by atoms with van der Waals surface area (Å²) in [5.41, 5.74) is 0. The fraction of sp³-hybridized carbons (Fsp3) is 0.733. The van der Waals surface area contributed by atoms with Gasteiger partial charge in [0.05, 0.1) is 4.90 Å². The molecule has 0 saturated heterocycles. The van der Waals surface area contributed by atoms with Crippen molar-refractivity contribution in [1.82, 2.24) is 9.62 Å². The van der Waals surface area contributed by atoms with Crippen LogP contribution in [0.2, 0.25) is 0 Å². The van der Waals surface area contributed by atoms with Gasteiger partial charge in [-0.25, -0.2) is 8.42 Å². The topological polar surface area (TPSA) is 49.4 Å². The Morgan fingerprint density at radius 3 is 2.62 bits per heavy atom. The van der Waals surface area contributed by atoms with E-state index in [1.165, 1.54) is 11.3 Å². The Hall–Kier alpha value is -0.430. The lowest BCUT2D eigenvalue weighted by Gasteiger charge is -2.32. The average Bonchev–Trinajstić information content (AvgIpc) is 2.94. The second-order valence-electron chi connectivity index (χ2n) is 5.96. The molecule has 0 bridgehead atoms. The Labute approximate surface area is 132 Å². The molecule has 6 heteroatoms. The zero-order valence-corrected chi connectivity index (χ0v) is 14.8. The number of nitrogens with one attached hydrogen (secondary N) is 1. The van der Waals surface area contributed by atoms with Crippen LogP contribution >= 0.6 is 11.3 Å². The highest BCUT2D eigenvalue weighted by Gasteiger charge is 2.31. The van der Waals surface area contributed by atoms with E-state index < -0.39 is 10.0 Å². The number of sulfonamides is 1. The van der Waals surface area contributed by atoms with E-state index in [0.717, 1.165) is 49.6 Å². The first-order chi connectivity index (χ1) is 9.95. The molecule has 1 aromatic rings. The van der Waals surface area contributed by atoms with Gasteiger partial charge in [0.15, 0.2) is 0 Å². The van der Waals surface area contributed by atoms with Crippen molar-refractivity contribution in [2.75, 3.05) is 13.6 Å². The van der Waals surface area contributed by atoms with Crippen LogP contribution in [0.1, 0.15) is 44.4 Å². The minimum atomic E-state index is -3.34. The van der Waals surface area contributed by atoms with Gasteiger partial charge in [-0.15, -0.1) is 11.3 Å². The van der Waals surface area contributed by atoms with Crippen LogP contribution in [0.5, 0.6) is 0 Å². The molecule has 0 unspecified atom stereocenters. The van der Waals surface area contributed by atoms with Crippen molar-refractivity contribution < 1.29 is 8.42 Å². The van der Waals surface area contributed by atoms with Crippen molar-refractivity contribution in [2.45, 2.75) is 57.0 Å². The first-order valence-electron chi connectivity index (χ1n) is 7.71. The third-order valence-electron chi connectivity index (χ3n) is 4.36. The van der Waals surface area contributed by atoms with Crippen LogP contribution in [0, 0.1) is 5.92 Å². The number of hydrogen-bond donors (Lipinski definition) is 1. The molecule has 2 rings (SSSR count). The summed E-state index contributed by atoms with van der Waals surface area (Å²) in [6.07, 6.45) is 4.20. The summed E-state index contributed by atoms with van der Waals surface area (Å²) in [5, 5.41) is 5.00. The van der Waals surface area contributed by atoms with Crippen LogP contribution in [0.4, 0.5) is 0 Å². The van der Waals surface area contributed by atoms with Gasteiger partial charge in [0, 0.05) is 29.9 Å². The van der Waals surface area contributed by atoms with Gasteiger partial charge >= 0.3 is 0 Å². The number of hydrogen-bond acceptors (Lipinski definition) is 4. The van der Waals surface area contributed by atoms with E-state index in [-0.39, 0.29) is 6.04 Å². The molecular formula is C15H26N2O2S2. The molecule has 0 atom stereocenters. The molecule has 0 aliphatic heterocycles. The number of nitrogens with zero attached hydrogens (tertiary/aromatic N) is 1. The lowest BCUT2D eigenvalue weighted by Crippen LogP contribution is -2.39. The Kier molecular flexibility index (Phi) is 5.82. The molecule has 0 amide bonds. The largest absolute Gasteiger partial charge is 0.312 e. The summed E-state index contributed by atoms with van der Waals surface area (Å²) in [6.45, 7) is 5.92. The summed E-state index contributed by atoms with van der Waals surface area (Å²) in [5.74, 6) is 0.727. The Morgan fingerprint density at radius 1 is 1.33 bits per heavy atom. The molecule has 1 N–H and O–H groups in total. The smallest absolute Gasteiger partial charge is 0.243 e. The summed E-state index contributed by atoms with van der Waals surface area (Å²) >= 11 is 1.51. The van der Waals surface area contributed by atoms with Crippen molar-refractivity contribution in [2.24, 2.45) is 5.92 Å². The maximum Gasteiger partial charge on any atom is 0.243 e. The second kappa shape index (κ2) is 7.22. The third-order valence-corrected chi connectivity index (χ3v) is 7.33. The average molecular weight is 331 g/mol. The molecule has 1 aliphatic carbocycles. The molecule has 1 heterocycles. The van der Waals surface area contributed by atoms with Crippen molar-refractivity contribution >= 4 is 21.4 Å². The number of rotatable bonds is 6. The second-order valence-corrected chi connectivity index (χ2v) is 8.96. The normalized spacial score (nSPS) is 23.6. The molecule has 21 heavy (non-hydrogen) atoms. The maximum absolute atomic E-state index is 12.7. The van der Waals surface area contributed by atoms with Crippen LogP contribution in [0.15, 0.2) is 16.3 Å². The molecular weight excluding hydrogens is 304 g/mol. The van der Waals surface area contributed by atoms with Gasteiger partial charge < -0.3 is 5.32 Å². The van der Waals surface area contributed by atoms with Gasteiger partial charge in [-0.3, -0.25) is 0 Å². The van der Waals surface area contributed by atoms with Crippen molar-refractivity contribution in [3.8, 4) is 0 Å².